The molecule has 0 aliphatic heterocycles. The highest BCUT2D eigenvalue weighted by Crippen LogP contribution is 2.14. The molecule has 0 aliphatic rings. The van der Waals surface area contributed by atoms with Crippen molar-refractivity contribution in [2.24, 2.45) is 7.05 Å². The maximum atomic E-state index is 12.1. The third-order valence-electron chi connectivity index (χ3n) is 2.36. The van der Waals surface area contributed by atoms with Crippen LogP contribution in [0.1, 0.15) is 17.3 Å². The molecule has 0 saturated heterocycles. The summed E-state index contributed by atoms with van der Waals surface area (Å²) in [4.78, 5) is 16.2. The monoisotopic (exact) mass is 245 g/mol. The minimum Gasteiger partial charge on any atom is -0.370 e. The van der Waals surface area contributed by atoms with Crippen LogP contribution in [0.3, 0.4) is 0 Å². The van der Waals surface area contributed by atoms with E-state index in [0.717, 1.165) is 0 Å². The van der Waals surface area contributed by atoms with E-state index >= 15 is 0 Å². The van der Waals surface area contributed by atoms with Crippen LogP contribution in [-0.4, -0.2) is 27.2 Å². The SMILES string of the molecule is CCNc1ncccc1C(=O)Nc1cnn(C)c1. The lowest BCUT2D eigenvalue weighted by Crippen LogP contribution is -2.15. The molecule has 18 heavy (non-hydrogen) atoms. The van der Waals surface area contributed by atoms with Crippen molar-refractivity contribution in [2.45, 2.75) is 6.92 Å². The molecule has 0 fully saturated rings. The molecule has 2 aromatic heterocycles. The summed E-state index contributed by atoms with van der Waals surface area (Å²) in [5.41, 5.74) is 1.18. The average molecular weight is 245 g/mol. The van der Waals surface area contributed by atoms with Crippen LogP contribution in [0.25, 0.3) is 0 Å². The highest BCUT2D eigenvalue weighted by atomic mass is 16.1. The number of pyridine rings is 1. The van der Waals surface area contributed by atoms with Gasteiger partial charge in [0.05, 0.1) is 17.4 Å². The highest BCUT2D eigenvalue weighted by molar-refractivity contribution is 6.07. The zero-order chi connectivity index (χ0) is 13.0. The number of rotatable bonds is 4. The number of amides is 1. The van der Waals surface area contributed by atoms with Crippen molar-refractivity contribution in [2.75, 3.05) is 17.2 Å². The summed E-state index contributed by atoms with van der Waals surface area (Å²) in [6, 6.07) is 3.47. The maximum Gasteiger partial charge on any atom is 0.259 e. The predicted molar refractivity (Wildman–Crippen MR) is 69.6 cm³/mol. The first-order chi connectivity index (χ1) is 8.70. The quantitative estimate of drug-likeness (QED) is 0.856. The Morgan fingerprint density at radius 2 is 2.33 bits per heavy atom. The third kappa shape index (κ3) is 2.65. The molecule has 2 aromatic rings. The molecule has 2 N–H and O–H groups in total. The Morgan fingerprint density at radius 1 is 1.50 bits per heavy atom. The number of aromatic nitrogens is 3. The maximum absolute atomic E-state index is 12.1. The molecule has 0 aromatic carbocycles. The van der Waals surface area contributed by atoms with Gasteiger partial charge in [-0.3, -0.25) is 9.48 Å². The van der Waals surface area contributed by atoms with Crippen LogP contribution >= 0.6 is 0 Å². The summed E-state index contributed by atoms with van der Waals surface area (Å²) in [7, 11) is 1.80. The Kier molecular flexibility index (Phi) is 3.57. The number of carbonyl (C=O) groups excluding carboxylic acids is 1. The fraction of sp³-hybridized carbons (Fsp3) is 0.250. The molecule has 0 radical (unpaired) electrons. The number of nitrogens with zero attached hydrogens (tertiary/aromatic N) is 3. The van der Waals surface area contributed by atoms with Crippen molar-refractivity contribution < 1.29 is 4.79 Å². The summed E-state index contributed by atoms with van der Waals surface area (Å²) in [5, 5.41) is 9.82. The molecule has 2 rings (SSSR count). The Hall–Kier alpha value is -2.37. The van der Waals surface area contributed by atoms with E-state index < -0.39 is 0 Å². The van der Waals surface area contributed by atoms with Gasteiger partial charge in [0.2, 0.25) is 0 Å². The summed E-state index contributed by atoms with van der Waals surface area (Å²) in [6.07, 6.45) is 4.99. The summed E-state index contributed by atoms with van der Waals surface area (Å²) in [6.45, 7) is 2.67. The van der Waals surface area contributed by atoms with E-state index in [4.69, 9.17) is 0 Å². The standard InChI is InChI=1S/C12H15N5O/c1-3-13-11-10(5-4-6-14-11)12(18)16-9-7-15-17(2)8-9/h4-8H,3H2,1-2H3,(H,13,14)(H,16,18). The van der Waals surface area contributed by atoms with Crippen LogP contribution in [-0.2, 0) is 7.05 Å². The van der Waals surface area contributed by atoms with Crippen LogP contribution in [0.5, 0.6) is 0 Å². The van der Waals surface area contributed by atoms with Crippen molar-refractivity contribution in [1.82, 2.24) is 14.8 Å². The van der Waals surface area contributed by atoms with E-state index in [9.17, 15) is 4.79 Å². The molecule has 1 amide bonds. The van der Waals surface area contributed by atoms with Crippen molar-refractivity contribution in [3.8, 4) is 0 Å². The zero-order valence-electron chi connectivity index (χ0n) is 10.3. The van der Waals surface area contributed by atoms with Crippen LogP contribution in [0.4, 0.5) is 11.5 Å². The van der Waals surface area contributed by atoms with Gasteiger partial charge in [-0.1, -0.05) is 0 Å². The minimum absolute atomic E-state index is 0.202. The van der Waals surface area contributed by atoms with Crippen LogP contribution < -0.4 is 10.6 Å². The first-order valence-corrected chi connectivity index (χ1v) is 5.69. The number of nitrogens with one attached hydrogen (secondary N) is 2. The molecule has 0 spiro atoms. The van der Waals surface area contributed by atoms with Crippen molar-refractivity contribution in [1.29, 1.82) is 0 Å². The van der Waals surface area contributed by atoms with Gasteiger partial charge in [0.1, 0.15) is 5.82 Å². The van der Waals surface area contributed by atoms with E-state index in [1.54, 1.807) is 42.5 Å². The molecular formula is C12H15N5O. The molecule has 2 heterocycles. The third-order valence-corrected chi connectivity index (χ3v) is 2.36. The van der Waals surface area contributed by atoms with Gasteiger partial charge < -0.3 is 10.6 Å². The van der Waals surface area contributed by atoms with Gasteiger partial charge in [-0.2, -0.15) is 5.10 Å². The molecule has 6 heteroatoms. The number of hydrogen-bond acceptors (Lipinski definition) is 4. The first kappa shape index (κ1) is 12.1. The number of anilines is 2. The highest BCUT2D eigenvalue weighted by Gasteiger charge is 2.12. The second-order valence-corrected chi connectivity index (χ2v) is 3.79. The van der Waals surface area contributed by atoms with Crippen LogP contribution in [0, 0.1) is 0 Å². The van der Waals surface area contributed by atoms with Gasteiger partial charge in [-0.15, -0.1) is 0 Å². The Morgan fingerprint density at radius 3 is 3.00 bits per heavy atom. The fourth-order valence-electron chi connectivity index (χ4n) is 1.58. The number of aryl methyl sites for hydroxylation is 1. The number of hydrogen-bond donors (Lipinski definition) is 2. The van der Waals surface area contributed by atoms with Gasteiger partial charge in [0.25, 0.3) is 5.91 Å². The zero-order valence-corrected chi connectivity index (χ0v) is 10.3. The van der Waals surface area contributed by atoms with Crippen molar-refractivity contribution in [3.05, 3.63) is 36.3 Å². The second-order valence-electron chi connectivity index (χ2n) is 3.79. The minimum atomic E-state index is -0.202. The van der Waals surface area contributed by atoms with E-state index in [0.29, 0.717) is 23.6 Å². The Balaban J connectivity index is 2.18. The topological polar surface area (TPSA) is 71.8 Å². The van der Waals surface area contributed by atoms with Crippen molar-refractivity contribution in [3.63, 3.8) is 0 Å². The summed E-state index contributed by atoms with van der Waals surface area (Å²) < 4.78 is 1.63. The molecule has 0 bridgehead atoms. The molecule has 0 aliphatic carbocycles. The number of carbonyl (C=O) groups is 1. The van der Waals surface area contributed by atoms with Crippen molar-refractivity contribution >= 4 is 17.4 Å². The molecule has 0 atom stereocenters. The van der Waals surface area contributed by atoms with Crippen LogP contribution in [0.15, 0.2) is 30.7 Å². The van der Waals surface area contributed by atoms with E-state index in [1.165, 1.54) is 0 Å². The molecule has 6 nitrogen and oxygen atoms in total. The largest absolute Gasteiger partial charge is 0.370 e. The first-order valence-electron chi connectivity index (χ1n) is 5.69. The van der Waals surface area contributed by atoms with Gasteiger partial charge in [0, 0.05) is 26.0 Å². The van der Waals surface area contributed by atoms with Gasteiger partial charge >= 0.3 is 0 Å². The van der Waals surface area contributed by atoms with E-state index in [1.807, 2.05) is 6.92 Å². The Bertz CT molecular complexity index is 549. The smallest absolute Gasteiger partial charge is 0.259 e. The van der Waals surface area contributed by atoms with E-state index in [2.05, 4.69) is 20.7 Å². The predicted octanol–water partition coefficient (Wildman–Crippen LogP) is 1.50. The van der Waals surface area contributed by atoms with Gasteiger partial charge in [-0.25, -0.2) is 4.98 Å². The molecule has 0 saturated carbocycles. The average Bonchev–Trinajstić information content (AvgIpc) is 2.76. The van der Waals surface area contributed by atoms with Gasteiger partial charge in [0.15, 0.2) is 0 Å². The lowest BCUT2D eigenvalue weighted by atomic mass is 10.2. The lowest BCUT2D eigenvalue weighted by molar-refractivity contribution is 0.102. The summed E-state index contributed by atoms with van der Waals surface area (Å²) >= 11 is 0. The molecule has 94 valence electrons. The molecular weight excluding hydrogens is 230 g/mol. The molecule has 0 unspecified atom stereocenters. The van der Waals surface area contributed by atoms with E-state index in [-0.39, 0.29) is 5.91 Å². The fourth-order valence-corrected chi connectivity index (χ4v) is 1.58. The van der Waals surface area contributed by atoms with Crippen LogP contribution in [0.2, 0.25) is 0 Å². The van der Waals surface area contributed by atoms with Gasteiger partial charge in [-0.05, 0) is 19.1 Å². The summed E-state index contributed by atoms with van der Waals surface area (Å²) in [5.74, 6) is 0.383. The normalized spacial score (nSPS) is 10.1. The Labute approximate surface area is 105 Å². The second kappa shape index (κ2) is 5.31. The lowest BCUT2D eigenvalue weighted by Gasteiger charge is -2.08.